The van der Waals surface area contributed by atoms with Crippen molar-refractivity contribution in [2.75, 3.05) is 0 Å². The molecule has 4 nitrogen and oxygen atoms in total. The Labute approximate surface area is 82.5 Å². The molecule has 1 rings (SSSR count). The summed E-state index contributed by atoms with van der Waals surface area (Å²) in [7, 11) is 0. The molecule has 0 radical (unpaired) electrons. The van der Waals surface area contributed by atoms with Crippen LogP contribution in [0.5, 0.6) is 0 Å². The molecule has 0 aliphatic rings. The van der Waals surface area contributed by atoms with Crippen molar-refractivity contribution < 1.29 is 21.4 Å². The molecule has 4 heteroatoms. The van der Waals surface area contributed by atoms with Crippen LogP contribution in [0.25, 0.3) is 0 Å². The Hall–Kier alpha value is -1.39. The summed E-state index contributed by atoms with van der Waals surface area (Å²) >= 11 is 0. The van der Waals surface area contributed by atoms with E-state index in [9.17, 15) is 9.90 Å². The van der Waals surface area contributed by atoms with Crippen molar-refractivity contribution in [3.63, 3.8) is 0 Å². The van der Waals surface area contributed by atoms with Gasteiger partial charge in [-0.25, -0.2) is 0 Å². The van der Waals surface area contributed by atoms with E-state index in [2.05, 4.69) is 11.5 Å². The molecule has 0 unspecified atom stereocenters. The number of carboxylic acid groups (broad SMARTS) is 1. The normalized spacial score (nSPS) is 12.4. The van der Waals surface area contributed by atoms with Gasteiger partial charge in [0.1, 0.15) is 6.04 Å². The molecule has 76 valence electrons. The van der Waals surface area contributed by atoms with E-state index in [4.69, 9.17) is 0 Å². The van der Waals surface area contributed by atoms with Crippen LogP contribution in [0.4, 0.5) is 0 Å². The summed E-state index contributed by atoms with van der Waals surface area (Å²) in [5.74, 6) is -1.11. The van der Waals surface area contributed by atoms with Crippen molar-refractivity contribution in [3.8, 4) is 0 Å². The lowest BCUT2D eigenvalue weighted by molar-refractivity contribution is -0.437. The van der Waals surface area contributed by atoms with Crippen LogP contribution in [0.1, 0.15) is 11.1 Å². The number of hydrogen-bond donors (Lipinski definition) is 2. The molecular weight excluding hydrogens is 180 g/mol. The van der Waals surface area contributed by atoms with Crippen LogP contribution >= 0.6 is 0 Å². The Morgan fingerprint density at radius 1 is 1.29 bits per heavy atom. The lowest BCUT2D eigenvalue weighted by atomic mass is 10.0. The minimum absolute atomic E-state index is 0.416. The number of carbonyl (C=O) groups is 1. The van der Waals surface area contributed by atoms with Gasteiger partial charge in [0, 0.05) is 12.0 Å². The first kappa shape index (κ1) is 10.7. The Kier molecular flexibility index (Phi) is 3.62. The second-order valence-electron chi connectivity index (χ2n) is 3.29. The second-order valence-corrected chi connectivity index (χ2v) is 3.29. The standard InChI is InChI=1S/C10H14N2O2/c11-6-8-3-1-7(2-4-8)5-9(12)10(13)14/h1-4,9H,5-6,11-12H2,(H,13,14)/p+1/t9-/m0/s1. The van der Waals surface area contributed by atoms with Crippen LogP contribution in [-0.2, 0) is 17.8 Å². The van der Waals surface area contributed by atoms with E-state index in [0.29, 0.717) is 6.42 Å². The van der Waals surface area contributed by atoms with Gasteiger partial charge in [-0.1, -0.05) is 24.3 Å². The van der Waals surface area contributed by atoms with E-state index in [1.807, 2.05) is 24.3 Å². The monoisotopic (exact) mass is 195 g/mol. The summed E-state index contributed by atoms with van der Waals surface area (Å²) in [6.07, 6.45) is 0.416. The van der Waals surface area contributed by atoms with Crippen molar-refractivity contribution in [3.05, 3.63) is 35.4 Å². The van der Waals surface area contributed by atoms with Gasteiger partial charge in [0.15, 0.2) is 0 Å². The van der Waals surface area contributed by atoms with Gasteiger partial charge in [-0.2, -0.15) is 0 Å². The molecule has 6 N–H and O–H groups in total. The van der Waals surface area contributed by atoms with Crippen LogP contribution in [-0.4, -0.2) is 12.0 Å². The fraction of sp³-hybridized carbons (Fsp3) is 0.300. The van der Waals surface area contributed by atoms with Crippen LogP contribution in [0, 0.1) is 0 Å². The molecule has 14 heavy (non-hydrogen) atoms. The molecule has 0 amide bonds. The Balaban J connectivity index is 2.64. The summed E-state index contributed by atoms with van der Waals surface area (Å²) in [5.41, 5.74) is 9.37. The van der Waals surface area contributed by atoms with Gasteiger partial charge in [0.25, 0.3) is 0 Å². The Bertz CT molecular complexity index is 308. The van der Waals surface area contributed by atoms with Crippen LogP contribution in [0.2, 0.25) is 0 Å². The van der Waals surface area contributed by atoms with E-state index >= 15 is 0 Å². The Morgan fingerprint density at radius 2 is 1.79 bits per heavy atom. The number of aliphatic carboxylic acids is 1. The molecule has 0 saturated carbocycles. The van der Waals surface area contributed by atoms with E-state index < -0.39 is 12.0 Å². The highest BCUT2D eigenvalue weighted by molar-refractivity contribution is 5.69. The summed E-state index contributed by atoms with van der Waals surface area (Å²) in [5, 5.41) is 10.4. The molecule has 0 heterocycles. The van der Waals surface area contributed by atoms with Gasteiger partial charge in [-0.05, 0) is 5.56 Å². The maximum absolute atomic E-state index is 10.4. The zero-order chi connectivity index (χ0) is 10.6. The average Bonchev–Trinajstić information content (AvgIpc) is 2.19. The number of carboxylic acids is 1. The topological polar surface area (TPSA) is 95.4 Å². The van der Waals surface area contributed by atoms with Crippen LogP contribution < -0.4 is 16.6 Å². The highest BCUT2D eigenvalue weighted by Gasteiger charge is 2.07. The van der Waals surface area contributed by atoms with Gasteiger partial charge in [0.05, 0.1) is 12.5 Å². The summed E-state index contributed by atoms with van der Waals surface area (Å²) in [6.45, 7) is 0.745. The lowest BCUT2D eigenvalue weighted by Gasteiger charge is -2.09. The number of benzene rings is 1. The molecule has 1 aromatic carbocycles. The maximum Gasteiger partial charge on any atom is 0.129 e. The van der Waals surface area contributed by atoms with Crippen molar-refractivity contribution in [1.29, 1.82) is 0 Å². The molecular formula is C10H15N2O2+. The molecule has 1 aromatic rings. The summed E-state index contributed by atoms with van der Waals surface area (Å²) < 4.78 is 0. The smallest absolute Gasteiger partial charge is 0.129 e. The predicted octanol–water partition coefficient (Wildman–Crippen LogP) is -2.67. The highest BCUT2D eigenvalue weighted by atomic mass is 16.4. The molecule has 0 spiro atoms. The van der Waals surface area contributed by atoms with Gasteiger partial charge < -0.3 is 21.4 Å². The zero-order valence-electron chi connectivity index (χ0n) is 8.03. The van der Waals surface area contributed by atoms with E-state index in [1.165, 1.54) is 0 Å². The molecule has 0 saturated heterocycles. The minimum Gasteiger partial charge on any atom is -0.544 e. The van der Waals surface area contributed by atoms with Crippen molar-refractivity contribution >= 4 is 5.97 Å². The van der Waals surface area contributed by atoms with E-state index in [-0.39, 0.29) is 0 Å². The van der Waals surface area contributed by atoms with Crippen LogP contribution in [0.3, 0.4) is 0 Å². The lowest BCUT2D eigenvalue weighted by Crippen LogP contribution is -2.69. The SMILES string of the molecule is [NH3+]Cc1ccc(C[C@H]([NH3+])C(=O)[O-])cc1. The Morgan fingerprint density at radius 3 is 2.21 bits per heavy atom. The van der Waals surface area contributed by atoms with Crippen molar-refractivity contribution in [2.24, 2.45) is 0 Å². The maximum atomic E-state index is 10.4. The summed E-state index contributed by atoms with van der Waals surface area (Å²) in [4.78, 5) is 10.4. The molecule has 0 bridgehead atoms. The fourth-order valence-electron chi connectivity index (χ4n) is 1.21. The average molecular weight is 195 g/mol. The quantitative estimate of drug-likeness (QED) is 0.548. The number of quaternary nitrogens is 2. The van der Waals surface area contributed by atoms with E-state index in [0.717, 1.165) is 17.7 Å². The molecule has 0 fully saturated rings. The first-order chi connectivity index (χ1) is 6.63. The number of hydrogen-bond acceptors (Lipinski definition) is 2. The van der Waals surface area contributed by atoms with Crippen LogP contribution in [0.15, 0.2) is 24.3 Å². The van der Waals surface area contributed by atoms with Gasteiger partial charge in [-0.15, -0.1) is 0 Å². The second kappa shape index (κ2) is 4.74. The first-order valence-corrected chi connectivity index (χ1v) is 4.54. The first-order valence-electron chi connectivity index (χ1n) is 4.54. The zero-order valence-corrected chi connectivity index (χ0v) is 8.03. The third-order valence-electron chi connectivity index (χ3n) is 2.13. The number of carbonyl (C=O) groups excluding carboxylic acids is 1. The molecule has 1 atom stereocenters. The number of rotatable bonds is 4. The fourth-order valence-corrected chi connectivity index (χ4v) is 1.21. The molecule has 0 aromatic heterocycles. The third kappa shape index (κ3) is 2.83. The third-order valence-corrected chi connectivity index (χ3v) is 2.13. The van der Waals surface area contributed by atoms with Crippen molar-refractivity contribution in [1.82, 2.24) is 0 Å². The largest absolute Gasteiger partial charge is 0.544 e. The molecule has 0 aliphatic carbocycles. The van der Waals surface area contributed by atoms with Gasteiger partial charge >= 0.3 is 0 Å². The summed E-state index contributed by atoms with van der Waals surface area (Å²) in [6, 6.07) is 7.03. The highest BCUT2D eigenvalue weighted by Crippen LogP contribution is 2.04. The molecule has 0 aliphatic heterocycles. The van der Waals surface area contributed by atoms with E-state index in [1.54, 1.807) is 0 Å². The van der Waals surface area contributed by atoms with Gasteiger partial charge in [-0.3, -0.25) is 0 Å². The van der Waals surface area contributed by atoms with Gasteiger partial charge in [0.2, 0.25) is 0 Å². The van der Waals surface area contributed by atoms with Crippen molar-refractivity contribution in [2.45, 2.75) is 19.0 Å². The predicted molar refractivity (Wildman–Crippen MR) is 48.4 cm³/mol. The minimum atomic E-state index is -1.11.